The van der Waals surface area contributed by atoms with Crippen molar-refractivity contribution in [2.75, 3.05) is 7.05 Å². The van der Waals surface area contributed by atoms with Gasteiger partial charge in [0.05, 0.1) is 0 Å². The minimum Gasteiger partial charge on any atom is -0.680 e. The number of hydrogen-bond donors (Lipinski definition) is 0. The van der Waals surface area contributed by atoms with Crippen LogP contribution in [0.3, 0.4) is 0 Å². The monoisotopic (exact) mass is 210 g/mol. The topological polar surface area (TPSA) is 23.8 Å². The van der Waals surface area contributed by atoms with E-state index in [1.54, 1.807) is 20.8 Å². The molecule has 0 aromatic rings. The maximum Gasteiger partial charge on any atom is 0 e. The van der Waals surface area contributed by atoms with Crippen molar-refractivity contribution in [2.45, 2.75) is 20.8 Å². The SMILES string of the molecule is C[NH-].[CH2-]C.[CH2-]C.[CH2-]C.[Nb]. The second-order valence-electron chi connectivity index (χ2n) is 0. The molecule has 0 aliphatic heterocycles. The number of rotatable bonds is 0. The van der Waals surface area contributed by atoms with Crippen LogP contribution >= 0.6 is 0 Å². The molecule has 0 unspecified atom stereocenters. The first-order valence-corrected chi connectivity index (χ1v) is 2.62. The molecule has 0 saturated heterocycles. The van der Waals surface area contributed by atoms with Gasteiger partial charge in [0.15, 0.2) is 0 Å². The van der Waals surface area contributed by atoms with Gasteiger partial charge in [0, 0.05) is 22.4 Å². The molecule has 0 atom stereocenters. The number of nitrogens with one attached hydrogen (secondary N) is 1. The maximum atomic E-state index is 5.75. The first-order valence-electron chi connectivity index (χ1n) is 2.62. The Labute approximate surface area is 76.9 Å². The van der Waals surface area contributed by atoms with Gasteiger partial charge in [0.25, 0.3) is 0 Å². The third kappa shape index (κ3) is 797. The van der Waals surface area contributed by atoms with Gasteiger partial charge in [-0.25, -0.2) is 0 Å². The minimum absolute atomic E-state index is 0. The predicted octanol–water partition coefficient (Wildman–Crippen LogP) is 3.19. The normalized spacial score (nSPS) is 2.67. The zero-order valence-electron chi connectivity index (χ0n) is 7.07. The predicted molar refractivity (Wildman–Crippen MR) is 43.3 cm³/mol. The van der Waals surface area contributed by atoms with Gasteiger partial charge in [-0.3, -0.25) is 0 Å². The average molecular weight is 210 g/mol. The molecule has 1 radical (unpaired) electrons. The van der Waals surface area contributed by atoms with Crippen LogP contribution in [0.25, 0.3) is 5.73 Å². The second-order valence-corrected chi connectivity index (χ2v) is 0. The van der Waals surface area contributed by atoms with Crippen molar-refractivity contribution in [2.24, 2.45) is 0 Å². The van der Waals surface area contributed by atoms with Gasteiger partial charge in [-0.1, -0.05) is 0 Å². The first kappa shape index (κ1) is 33.2. The Morgan fingerprint density at radius 1 is 0.667 bits per heavy atom. The van der Waals surface area contributed by atoms with Gasteiger partial charge in [0.1, 0.15) is 0 Å². The standard InChI is InChI=1S/3C2H5.CH4N.Nb/c4*1-2;/h3*1H2,2H3;2H,1H3;/q4*-1;. The van der Waals surface area contributed by atoms with Crippen molar-refractivity contribution >= 4 is 0 Å². The van der Waals surface area contributed by atoms with Gasteiger partial charge in [-0.05, 0) is 0 Å². The van der Waals surface area contributed by atoms with E-state index in [0.29, 0.717) is 0 Å². The zero-order valence-corrected chi connectivity index (χ0v) is 9.27. The van der Waals surface area contributed by atoms with E-state index in [0.717, 1.165) is 0 Å². The largest absolute Gasteiger partial charge is 0.680 e. The number of hydrogen-bond acceptors (Lipinski definition) is 0. The summed E-state index contributed by atoms with van der Waals surface area (Å²) in [5.41, 5.74) is 5.75. The summed E-state index contributed by atoms with van der Waals surface area (Å²) < 4.78 is 0. The molecule has 0 aromatic heterocycles. The van der Waals surface area contributed by atoms with Crippen LogP contribution in [-0.4, -0.2) is 7.05 Å². The quantitative estimate of drug-likeness (QED) is 0.433. The van der Waals surface area contributed by atoms with Crippen LogP contribution in [0.1, 0.15) is 20.8 Å². The minimum atomic E-state index is 0. The Bertz CT molecular complexity index is 8.88. The van der Waals surface area contributed by atoms with E-state index in [2.05, 4.69) is 20.8 Å². The molecule has 0 heterocycles. The van der Waals surface area contributed by atoms with Gasteiger partial charge >= 0.3 is 0 Å². The molecule has 1 nitrogen and oxygen atoms in total. The van der Waals surface area contributed by atoms with Crippen LogP contribution in [0.5, 0.6) is 0 Å². The molecule has 61 valence electrons. The van der Waals surface area contributed by atoms with Gasteiger partial charge in [0.2, 0.25) is 0 Å². The van der Waals surface area contributed by atoms with E-state index in [4.69, 9.17) is 5.73 Å². The second kappa shape index (κ2) is 1050. The zero-order chi connectivity index (χ0) is 8.00. The fourth-order valence-corrected chi connectivity index (χ4v) is 0. The van der Waals surface area contributed by atoms with E-state index in [-0.39, 0.29) is 22.4 Å². The van der Waals surface area contributed by atoms with Crippen molar-refractivity contribution in [3.05, 3.63) is 26.5 Å². The molecule has 0 aliphatic rings. The molecule has 9 heavy (non-hydrogen) atoms. The summed E-state index contributed by atoms with van der Waals surface area (Å²) >= 11 is 0. The van der Waals surface area contributed by atoms with Crippen molar-refractivity contribution in [3.63, 3.8) is 0 Å². The van der Waals surface area contributed by atoms with E-state index in [9.17, 15) is 0 Å². The molecule has 0 aromatic carbocycles. The molecule has 1 N–H and O–H groups in total. The maximum absolute atomic E-state index is 5.75. The molecular formula is C7H19NNb-4. The summed E-state index contributed by atoms with van der Waals surface area (Å²) in [4.78, 5) is 0. The smallest absolute Gasteiger partial charge is 0 e. The van der Waals surface area contributed by atoms with Crippen LogP contribution in [0.4, 0.5) is 0 Å². The van der Waals surface area contributed by atoms with Crippen LogP contribution in [0.15, 0.2) is 0 Å². The van der Waals surface area contributed by atoms with Crippen molar-refractivity contribution in [3.8, 4) is 0 Å². The Hall–Kier alpha value is 0.700. The fourth-order valence-electron chi connectivity index (χ4n) is 0. The van der Waals surface area contributed by atoms with Crippen LogP contribution in [0.2, 0.25) is 0 Å². The third-order valence-corrected chi connectivity index (χ3v) is 0. The molecule has 0 spiro atoms. The third-order valence-electron chi connectivity index (χ3n) is 0. The first-order chi connectivity index (χ1) is 4.00. The molecule has 0 amide bonds. The Morgan fingerprint density at radius 2 is 0.667 bits per heavy atom. The molecule has 0 saturated carbocycles. The summed E-state index contributed by atoms with van der Waals surface area (Å²) in [6.45, 7) is 15.0. The Kier molecular flexibility index (Phi) is 3880. The van der Waals surface area contributed by atoms with Crippen molar-refractivity contribution in [1.82, 2.24) is 0 Å². The summed E-state index contributed by atoms with van der Waals surface area (Å²) in [7, 11) is 1.25. The van der Waals surface area contributed by atoms with Crippen molar-refractivity contribution in [1.29, 1.82) is 0 Å². The van der Waals surface area contributed by atoms with Crippen LogP contribution in [0, 0.1) is 20.8 Å². The Morgan fingerprint density at radius 3 is 0.667 bits per heavy atom. The summed E-state index contributed by atoms with van der Waals surface area (Å²) in [6.07, 6.45) is 0. The fraction of sp³-hybridized carbons (Fsp3) is 0.571. The molecule has 0 bridgehead atoms. The van der Waals surface area contributed by atoms with Gasteiger partial charge in [-0.2, -0.15) is 27.8 Å². The van der Waals surface area contributed by atoms with Crippen molar-refractivity contribution < 1.29 is 22.4 Å². The summed E-state index contributed by atoms with van der Waals surface area (Å²) in [5, 5.41) is 0. The van der Waals surface area contributed by atoms with E-state index < -0.39 is 0 Å². The van der Waals surface area contributed by atoms with Gasteiger partial charge < -0.3 is 26.5 Å². The summed E-state index contributed by atoms with van der Waals surface area (Å²) in [5.74, 6) is 0. The van der Waals surface area contributed by atoms with Crippen LogP contribution < -0.4 is 0 Å². The van der Waals surface area contributed by atoms with E-state index >= 15 is 0 Å². The molecule has 2 heteroatoms. The molecule has 0 rings (SSSR count). The van der Waals surface area contributed by atoms with Gasteiger partial charge in [-0.15, -0.1) is 0 Å². The molecular weight excluding hydrogens is 191 g/mol. The van der Waals surface area contributed by atoms with E-state index in [1.165, 1.54) is 7.05 Å². The molecule has 0 aliphatic carbocycles. The molecule has 0 fully saturated rings. The average Bonchev–Trinajstić information content (AvgIpc) is 2.03. The Balaban J connectivity index is -0.00000000762. The van der Waals surface area contributed by atoms with Crippen LogP contribution in [-0.2, 0) is 22.4 Å². The summed E-state index contributed by atoms with van der Waals surface area (Å²) in [6, 6.07) is 0. The van der Waals surface area contributed by atoms with E-state index in [1.807, 2.05) is 0 Å².